The minimum atomic E-state index is -0.507. The Morgan fingerprint density at radius 3 is 2.50 bits per heavy atom. The number of alkyl carbamates (subject to hydrolysis) is 1. The monoisotopic (exact) mass is 334 g/mol. The molecule has 1 aromatic rings. The number of hydrogen-bond acceptors (Lipinski definition) is 4. The van der Waals surface area contributed by atoms with E-state index in [0.29, 0.717) is 6.42 Å². The predicted octanol–water partition coefficient (Wildman–Crippen LogP) is 3.14. The molecule has 4 atom stereocenters. The number of ether oxygens (including phenoxy) is 1. The predicted molar refractivity (Wildman–Crippen MR) is 94.8 cm³/mol. The summed E-state index contributed by atoms with van der Waals surface area (Å²) < 4.78 is 5.28. The largest absolute Gasteiger partial charge is 0.444 e. The summed E-state index contributed by atoms with van der Waals surface area (Å²) in [6.45, 7) is 7.63. The molecule has 0 aliphatic heterocycles. The molecular weight excluding hydrogens is 304 g/mol. The van der Waals surface area contributed by atoms with Crippen LogP contribution in [-0.2, 0) is 4.74 Å². The minimum Gasteiger partial charge on any atom is -0.444 e. The molecule has 0 heterocycles. The lowest BCUT2D eigenvalue weighted by Crippen LogP contribution is -2.51. The van der Waals surface area contributed by atoms with Gasteiger partial charge in [0, 0.05) is 18.1 Å². The first-order valence-corrected chi connectivity index (χ1v) is 8.73. The summed E-state index contributed by atoms with van der Waals surface area (Å²) in [7, 11) is 0. The summed E-state index contributed by atoms with van der Waals surface area (Å²) >= 11 is 0. The molecule has 1 aliphatic rings. The molecule has 5 heteroatoms. The van der Waals surface area contributed by atoms with Crippen LogP contribution in [0.3, 0.4) is 0 Å². The lowest BCUT2D eigenvalue weighted by atomic mass is 9.88. The van der Waals surface area contributed by atoms with E-state index in [-0.39, 0.29) is 18.1 Å². The SMILES string of the molecule is C[C@H](N[C@H]1CC[C@H](NC(=O)OC(C)(C)C)C[C@@H]1O)c1ccccc1. The van der Waals surface area contributed by atoms with Gasteiger partial charge in [-0.15, -0.1) is 0 Å². The third-order valence-electron chi connectivity index (χ3n) is 4.30. The molecule has 1 amide bonds. The van der Waals surface area contributed by atoms with Crippen molar-refractivity contribution < 1.29 is 14.6 Å². The van der Waals surface area contributed by atoms with Crippen molar-refractivity contribution in [2.45, 2.75) is 76.8 Å². The van der Waals surface area contributed by atoms with E-state index < -0.39 is 17.8 Å². The Hall–Kier alpha value is -1.59. The van der Waals surface area contributed by atoms with Gasteiger partial charge in [0.15, 0.2) is 0 Å². The zero-order valence-corrected chi connectivity index (χ0v) is 15.1. The second kappa shape index (κ2) is 7.99. The van der Waals surface area contributed by atoms with Crippen molar-refractivity contribution in [2.75, 3.05) is 0 Å². The summed E-state index contributed by atoms with van der Waals surface area (Å²) in [5.74, 6) is 0. The fourth-order valence-electron chi connectivity index (χ4n) is 3.11. The molecule has 0 bridgehead atoms. The molecule has 1 saturated carbocycles. The first kappa shape index (κ1) is 18.7. The van der Waals surface area contributed by atoms with Gasteiger partial charge in [0.2, 0.25) is 0 Å². The van der Waals surface area contributed by atoms with Gasteiger partial charge < -0.3 is 20.5 Å². The van der Waals surface area contributed by atoms with Crippen molar-refractivity contribution in [2.24, 2.45) is 0 Å². The van der Waals surface area contributed by atoms with E-state index in [9.17, 15) is 9.90 Å². The van der Waals surface area contributed by atoms with E-state index >= 15 is 0 Å². The zero-order chi connectivity index (χ0) is 17.7. The maximum atomic E-state index is 11.8. The van der Waals surface area contributed by atoms with Gasteiger partial charge in [-0.2, -0.15) is 0 Å². The number of rotatable bonds is 4. The topological polar surface area (TPSA) is 70.6 Å². The van der Waals surface area contributed by atoms with E-state index in [0.717, 1.165) is 12.8 Å². The number of amides is 1. The highest BCUT2D eigenvalue weighted by atomic mass is 16.6. The van der Waals surface area contributed by atoms with Gasteiger partial charge in [-0.25, -0.2) is 4.79 Å². The number of aliphatic hydroxyl groups is 1. The van der Waals surface area contributed by atoms with Crippen LogP contribution in [0.25, 0.3) is 0 Å². The average molecular weight is 334 g/mol. The van der Waals surface area contributed by atoms with Crippen molar-refractivity contribution in [3.63, 3.8) is 0 Å². The molecular formula is C19H30N2O3. The number of aliphatic hydroxyl groups excluding tert-OH is 1. The third kappa shape index (κ3) is 5.80. The first-order valence-electron chi connectivity index (χ1n) is 8.73. The number of benzene rings is 1. The smallest absolute Gasteiger partial charge is 0.407 e. The summed E-state index contributed by atoms with van der Waals surface area (Å²) in [5.41, 5.74) is 0.700. The molecule has 1 aromatic carbocycles. The van der Waals surface area contributed by atoms with E-state index in [1.165, 1.54) is 5.56 Å². The quantitative estimate of drug-likeness (QED) is 0.791. The highest BCUT2D eigenvalue weighted by Gasteiger charge is 2.31. The maximum absolute atomic E-state index is 11.8. The number of carbonyl (C=O) groups is 1. The molecule has 0 aromatic heterocycles. The van der Waals surface area contributed by atoms with Crippen LogP contribution in [0.4, 0.5) is 4.79 Å². The van der Waals surface area contributed by atoms with Crippen LogP contribution in [0.1, 0.15) is 58.6 Å². The van der Waals surface area contributed by atoms with Gasteiger partial charge in [-0.1, -0.05) is 30.3 Å². The maximum Gasteiger partial charge on any atom is 0.407 e. The highest BCUT2D eigenvalue weighted by Crippen LogP contribution is 2.23. The molecule has 0 spiro atoms. The van der Waals surface area contributed by atoms with E-state index in [2.05, 4.69) is 29.7 Å². The Labute approximate surface area is 144 Å². The summed E-state index contributed by atoms with van der Waals surface area (Å²) in [6.07, 6.45) is 1.29. The zero-order valence-electron chi connectivity index (χ0n) is 15.1. The van der Waals surface area contributed by atoms with Crippen molar-refractivity contribution in [1.82, 2.24) is 10.6 Å². The van der Waals surface area contributed by atoms with Crippen LogP contribution in [0, 0.1) is 0 Å². The summed E-state index contributed by atoms with van der Waals surface area (Å²) in [6, 6.07) is 10.4. The lowest BCUT2D eigenvalue weighted by molar-refractivity contribution is 0.0394. The summed E-state index contributed by atoms with van der Waals surface area (Å²) in [4.78, 5) is 11.8. The highest BCUT2D eigenvalue weighted by molar-refractivity contribution is 5.68. The van der Waals surface area contributed by atoms with Crippen LogP contribution >= 0.6 is 0 Å². The molecule has 5 nitrogen and oxygen atoms in total. The van der Waals surface area contributed by atoms with Gasteiger partial charge >= 0.3 is 6.09 Å². The van der Waals surface area contributed by atoms with Gasteiger partial charge in [0.05, 0.1) is 6.10 Å². The van der Waals surface area contributed by atoms with Crippen LogP contribution in [-0.4, -0.2) is 35.0 Å². The van der Waals surface area contributed by atoms with Gasteiger partial charge in [-0.05, 0) is 52.5 Å². The van der Waals surface area contributed by atoms with E-state index in [1.54, 1.807) is 0 Å². The van der Waals surface area contributed by atoms with E-state index in [1.807, 2.05) is 39.0 Å². The average Bonchev–Trinajstić information content (AvgIpc) is 2.49. The molecule has 0 saturated heterocycles. The molecule has 1 aliphatic carbocycles. The second-order valence-electron chi connectivity index (χ2n) is 7.63. The van der Waals surface area contributed by atoms with Crippen LogP contribution < -0.4 is 10.6 Å². The standard InChI is InChI=1S/C19H30N2O3/c1-13(14-8-6-5-7-9-14)20-16-11-10-15(12-17(16)22)21-18(23)24-19(2,3)4/h5-9,13,15-17,20,22H,10-12H2,1-4H3,(H,21,23)/t13-,15-,16-,17-/m0/s1. The Bertz CT molecular complexity index is 527. The number of carbonyl (C=O) groups excluding carboxylic acids is 1. The molecule has 0 radical (unpaired) electrons. The Morgan fingerprint density at radius 1 is 1.25 bits per heavy atom. The van der Waals surface area contributed by atoms with Crippen molar-refractivity contribution in [3.05, 3.63) is 35.9 Å². The lowest BCUT2D eigenvalue weighted by Gasteiger charge is -2.36. The van der Waals surface area contributed by atoms with Gasteiger partial charge in [0.25, 0.3) is 0 Å². The van der Waals surface area contributed by atoms with Gasteiger partial charge in [-0.3, -0.25) is 0 Å². The van der Waals surface area contributed by atoms with E-state index in [4.69, 9.17) is 4.74 Å². The van der Waals surface area contributed by atoms with Crippen LogP contribution in [0.2, 0.25) is 0 Å². The molecule has 3 N–H and O–H groups in total. The number of hydrogen-bond donors (Lipinski definition) is 3. The fourth-order valence-corrected chi connectivity index (χ4v) is 3.11. The third-order valence-corrected chi connectivity index (χ3v) is 4.30. The molecule has 0 unspecified atom stereocenters. The number of nitrogens with one attached hydrogen (secondary N) is 2. The molecule has 134 valence electrons. The second-order valence-corrected chi connectivity index (χ2v) is 7.63. The molecule has 1 fully saturated rings. The fraction of sp³-hybridized carbons (Fsp3) is 0.632. The van der Waals surface area contributed by atoms with Crippen molar-refractivity contribution in [3.8, 4) is 0 Å². The molecule has 2 rings (SSSR count). The summed E-state index contributed by atoms with van der Waals surface area (Å²) in [5, 5.41) is 16.8. The molecule has 24 heavy (non-hydrogen) atoms. The normalized spacial score (nSPS) is 25.8. The Balaban J connectivity index is 1.81. The van der Waals surface area contributed by atoms with Crippen molar-refractivity contribution >= 4 is 6.09 Å². The van der Waals surface area contributed by atoms with Crippen molar-refractivity contribution in [1.29, 1.82) is 0 Å². The first-order chi connectivity index (χ1) is 11.2. The van der Waals surface area contributed by atoms with Crippen LogP contribution in [0.15, 0.2) is 30.3 Å². The Morgan fingerprint density at radius 2 is 1.92 bits per heavy atom. The minimum absolute atomic E-state index is 0.0388. The van der Waals surface area contributed by atoms with Gasteiger partial charge in [0.1, 0.15) is 5.60 Å². The van der Waals surface area contributed by atoms with Crippen LogP contribution in [0.5, 0.6) is 0 Å². The Kier molecular flexibility index (Phi) is 6.24.